The van der Waals surface area contributed by atoms with E-state index in [1.807, 2.05) is 0 Å². The average Bonchev–Trinajstić information content (AvgIpc) is 2.67. The number of hydrogen-bond acceptors (Lipinski definition) is 6. The summed E-state index contributed by atoms with van der Waals surface area (Å²) in [4.78, 5) is 23.9. The minimum absolute atomic E-state index is 0.281. The highest BCUT2D eigenvalue weighted by Gasteiger charge is 2.30. The van der Waals surface area contributed by atoms with Crippen molar-refractivity contribution in [3.63, 3.8) is 0 Å². The Morgan fingerprint density at radius 2 is 1.69 bits per heavy atom. The molecule has 2 aromatic rings. The number of anilines is 2. The summed E-state index contributed by atoms with van der Waals surface area (Å²) in [7, 11) is -3.78. The molecule has 0 bridgehead atoms. The van der Waals surface area contributed by atoms with E-state index in [1.165, 1.54) is 37.3 Å². The average molecular weight is 419 g/mol. The molecule has 0 aromatic heterocycles. The van der Waals surface area contributed by atoms with Gasteiger partial charge < -0.3 is 20.5 Å². The molecule has 3 rings (SSSR count). The number of nitrogens with two attached hydrogens (primary N) is 1. The zero-order valence-corrected chi connectivity index (χ0v) is 16.7. The number of rotatable bonds is 6. The van der Waals surface area contributed by atoms with Crippen LogP contribution in [-0.4, -0.2) is 45.7 Å². The topological polar surface area (TPSA) is 128 Å². The minimum Gasteiger partial charge on any atom is -0.486 e. The molecule has 154 valence electrons. The minimum atomic E-state index is -3.78. The summed E-state index contributed by atoms with van der Waals surface area (Å²) in [6.45, 7) is 2.24. The van der Waals surface area contributed by atoms with Gasteiger partial charge in [0.15, 0.2) is 11.5 Å². The number of primary amides is 1. The molecule has 3 N–H and O–H groups in total. The first-order valence-corrected chi connectivity index (χ1v) is 10.6. The smallest absolute Gasteiger partial charge is 0.248 e. The highest BCUT2D eigenvalue weighted by molar-refractivity contribution is 7.92. The zero-order chi connectivity index (χ0) is 21.2. The second kappa shape index (κ2) is 8.00. The molecule has 0 fully saturated rings. The fourth-order valence-electron chi connectivity index (χ4n) is 2.94. The van der Waals surface area contributed by atoms with Crippen LogP contribution in [0.25, 0.3) is 0 Å². The number of carbonyl (C=O) groups excluding carboxylic acids is 2. The largest absolute Gasteiger partial charge is 0.486 e. The number of ether oxygens (including phenoxy) is 2. The van der Waals surface area contributed by atoms with Crippen LogP contribution in [-0.2, 0) is 14.8 Å². The summed E-state index contributed by atoms with van der Waals surface area (Å²) >= 11 is 0. The third-order valence-electron chi connectivity index (χ3n) is 4.31. The van der Waals surface area contributed by atoms with E-state index in [9.17, 15) is 18.0 Å². The van der Waals surface area contributed by atoms with E-state index < -0.39 is 27.9 Å². The van der Waals surface area contributed by atoms with Gasteiger partial charge in [0.1, 0.15) is 19.3 Å². The van der Waals surface area contributed by atoms with Crippen molar-refractivity contribution in [3.05, 3.63) is 48.0 Å². The highest BCUT2D eigenvalue weighted by atomic mass is 32.2. The van der Waals surface area contributed by atoms with Gasteiger partial charge in [-0.15, -0.1) is 0 Å². The van der Waals surface area contributed by atoms with Crippen molar-refractivity contribution >= 4 is 33.2 Å². The van der Waals surface area contributed by atoms with Crippen LogP contribution < -0.4 is 24.8 Å². The molecule has 10 heteroatoms. The molecule has 1 heterocycles. The van der Waals surface area contributed by atoms with Crippen molar-refractivity contribution in [2.45, 2.75) is 13.0 Å². The maximum absolute atomic E-state index is 12.7. The number of sulfonamides is 1. The number of hydrogen-bond donors (Lipinski definition) is 2. The van der Waals surface area contributed by atoms with Crippen molar-refractivity contribution in [1.82, 2.24) is 0 Å². The van der Waals surface area contributed by atoms with Gasteiger partial charge in [0.05, 0.1) is 11.9 Å². The van der Waals surface area contributed by atoms with Crippen molar-refractivity contribution in [3.8, 4) is 11.5 Å². The van der Waals surface area contributed by atoms with Gasteiger partial charge in [-0.3, -0.25) is 13.9 Å². The first kappa shape index (κ1) is 20.5. The molecule has 0 spiro atoms. The molecular weight excluding hydrogens is 398 g/mol. The van der Waals surface area contributed by atoms with E-state index in [-0.39, 0.29) is 5.69 Å². The Bertz CT molecular complexity index is 1040. The van der Waals surface area contributed by atoms with E-state index in [0.717, 1.165) is 10.6 Å². The Balaban J connectivity index is 1.85. The van der Waals surface area contributed by atoms with E-state index in [1.54, 1.807) is 12.1 Å². The summed E-state index contributed by atoms with van der Waals surface area (Å²) in [5.41, 5.74) is 6.18. The Morgan fingerprint density at radius 3 is 2.28 bits per heavy atom. The lowest BCUT2D eigenvalue weighted by molar-refractivity contribution is -0.116. The molecule has 0 saturated carbocycles. The summed E-state index contributed by atoms with van der Waals surface area (Å²) in [6.07, 6.45) is 1.02. The molecule has 29 heavy (non-hydrogen) atoms. The van der Waals surface area contributed by atoms with E-state index in [4.69, 9.17) is 15.2 Å². The Morgan fingerprint density at radius 1 is 1.07 bits per heavy atom. The van der Waals surface area contributed by atoms with E-state index in [2.05, 4.69) is 5.32 Å². The van der Waals surface area contributed by atoms with Crippen LogP contribution in [0.5, 0.6) is 11.5 Å². The van der Waals surface area contributed by atoms with Crippen LogP contribution in [0.2, 0.25) is 0 Å². The molecule has 1 atom stereocenters. The summed E-state index contributed by atoms with van der Waals surface area (Å²) in [5.74, 6) is -0.201. The maximum atomic E-state index is 12.7. The van der Waals surface area contributed by atoms with Gasteiger partial charge in [0.25, 0.3) is 0 Å². The van der Waals surface area contributed by atoms with Crippen LogP contribution >= 0.6 is 0 Å². The maximum Gasteiger partial charge on any atom is 0.248 e. The summed E-state index contributed by atoms with van der Waals surface area (Å²) in [5, 5.41) is 2.64. The standard InChI is InChI=1S/C19H21N3O6S/c1-12(19(24)21-14-5-3-13(4-6-14)18(20)23)22(29(2,25)26)15-7-8-16-17(11-15)28-10-9-27-16/h3-8,11-12H,9-10H2,1-2H3,(H2,20,23)(H,21,24)/t12-/m0/s1. The molecule has 0 unspecified atom stereocenters. The fraction of sp³-hybridized carbons (Fsp3) is 0.263. The molecule has 2 amide bonds. The van der Waals surface area contributed by atoms with Crippen LogP contribution in [0.4, 0.5) is 11.4 Å². The van der Waals surface area contributed by atoms with Crippen LogP contribution in [0.3, 0.4) is 0 Å². The van der Waals surface area contributed by atoms with Crippen LogP contribution in [0.1, 0.15) is 17.3 Å². The quantitative estimate of drug-likeness (QED) is 0.727. The van der Waals surface area contributed by atoms with E-state index in [0.29, 0.717) is 36.0 Å². The summed E-state index contributed by atoms with van der Waals surface area (Å²) < 4.78 is 36.9. The predicted octanol–water partition coefficient (Wildman–Crippen LogP) is 1.35. The normalized spacial score (nSPS) is 14.0. The van der Waals surface area contributed by atoms with Crippen molar-refractivity contribution < 1.29 is 27.5 Å². The number of amides is 2. The molecule has 0 radical (unpaired) electrons. The van der Waals surface area contributed by atoms with Gasteiger partial charge in [-0.2, -0.15) is 0 Å². The molecule has 0 aliphatic carbocycles. The van der Waals surface area contributed by atoms with Crippen molar-refractivity contribution in [2.75, 3.05) is 29.1 Å². The van der Waals surface area contributed by atoms with Gasteiger partial charge in [-0.1, -0.05) is 0 Å². The number of carbonyl (C=O) groups is 2. The monoisotopic (exact) mass is 419 g/mol. The SMILES string of the molecule is C[C@@H](C(=O)Nc1ccc(C(N)=O)cc1)N(c1ccc2c(c1)OCCO2)S(C)(=O)=O. The molecule has 1 aliphatic rings. The van der Waals surface area contributed by atoms with Gasteiger partial charge >= 0.3 is 0 Å². The number of benzene rings is 2. The first-order chi connectivity index (χ1) is 13.7. The van der Waals surface area contributed by atoms with Crippen LogP contribution in [0, 0.1) is 0 Å². The van der Waals surface area contributed by atoms with Gasteiger partial charge in [0.2, 0.25) is 21.8 Å². The Hall–Kier alpha value is -3.27. The van der Waals surface area contributed by atoms with Crippen LogP contribution in [0.15, 0.2) is 42.5 Å². The third kappa shape index (κ3) is 4.60. The molecule has 0 saturated heterocycles. The first-order valence-electron chi connectivity index (χ1n) is 8.76. The second-order valence-corrected chi connectivity index (χ2v) is 8.35. The fourth-order valence-corrected chi connectivity index (χ4v) is 4.11. The van der Waals surface area contributed by atoms with Gasteiger partial charge in [-0.25, -0.2) is 8.42 Å². The zero-order valence-electron chi connectivity index (χ0n) is 15.9. The molecule has 1 aliphatic heterocycles. The van der Waals surface area contributed by atoms with Gasteiger partial charge in [0, 0.05) is 17.3 Å². The second-order valence-electron chi connectivity index (χ2n) is 6.49. The van der Waals surface area contributed by atoms with Gasteiger partial charge in [-0.05, 0) is 43.3 Å². The summed E-state index contributed by atoms with van der Waals surface area (Å²) in [6, 6.07) is 9.61. The third-order valence-corrected chi connectivity index (χ3v) is 5.55. The molecule has 2 aromatic carbocycles. The predicted molar refractivity (Wildman–Crippen MR) is 108 cm³/mol. The Kier molecular flexibility index (Phi) is 5.64. The lowest BCUT2D eigenvalue weighted by atomic mass is 10.2. The van der Waals surface area contributed by atoms with Crippen molar-refractivity contribution in [1.29, 1.82) is 0 Å². The lowest BCUT2D eigenvalue weighted by Gasteiger charge is -2.29. The molecule has 9 nitrogen and oxygen atoms in total. The lowest BCUT2D eigenvalue weighted by Crippen LogP contribution is -2.45. The Labute approximate surface area is 168 Å². The van der Waals surface area contributed by atoms with Crippen molar-refractivity contribution in [2.24, 2.45) is 5.73 Å². The number of nitrogens with zero attached hydrogens (tertiary/aromatic N) is 1. The number of fused-ring (bicyclic) bond motifs is 1. The molecular formula is C19H21N3O6S. The number of nitrogens with one attached hydrogen (secondary N) is 1. The highest BCUT2D eigenvalue weighted by Crippen LogP contribution is 2.35. The van der Waals surface area contributed by atoms with E-state index >= 15 is 0 Å².